The minimum atomic E-state index is -2.60. The fourth-order valence-electron chi connectivity index (χ4n) is 0.934. The van der Waals surface area contributed by atoms with Gasteiger partial charge in [0, 0.05) is 7.11 Å². The molecule has 0 bridgehead atoms. The molecule has 0 heterocycles. The number of hydrogen-bond acceptors (Lipinski definition) is 7. The predicted molar refractivity (Wildman–Crippen MR) is 62.9 cm³/mol. The van der Waals surface area contributed by atoms with Gasteiger partial charge in [0.1, 0.15) is 6.35 Å². The van der Waals surface area contributed by atoms with Gasteiger partial charge >= 0.3 is 11.9 Å². The molecule has 0 aliphatic carbocycles. The number of hydrogen-bond donors (Lipinski definition) is 0. The van der Waals surface area contributed by atoms with E-state index in [0.29, 0.717) is 0 Å². The van der Waals surface area contributed by atoms with Crippen molar-refractivity contribution in [3.8, 4) is 0 Å². The molecular weight excluding hydrogens is 263 g/mol. The van der Waals surface area contributed by atoms with Crippen LogP contribution in [0.4, 0.5) is 0 Å². The maximum Gasteiger partial charge on any atom is 0.341 e. The van der Waals surface area contributed by atoms with Crippen LogP contribution in [0.3, 0.4) is 0 Å². The van der Waals surface area contributed by atoms with Crippen LogP contribution in [0.25, 0.3) is 0 Å². The summed E-state index contributed by atoms with van der Waals surface area (Å²) in [6.07, 6.45) is -0.156. The molecule has 0 amide bonds. The highest BCUT2D eigenvalue weighted by atomic mass is 31.1. The number of carbonyl (C=O) groups is 2. The molecular formula is C10H15O7P. The standard InChI is InChI=1S/C10H15O7P/c1-4-15-9(11)6-8(10(12)16-5-2)17-18(13)7-14-3/h4-5,8,18H,1-2,6-7H2,3H3. The van der Waals surface area contributed by atoms with E-state index in [1.54, 1.807) is 0 Å². The van der Waals surface area contributed by atoms with E-state index in [-0.39, 0.29) is 6.35 Å². The topological polar surface area (TPSA) is 88.1 Å². The average Bonchev–Trinajstić information content (AvgIpc) is 2.29. The van der Waals surface area contributed by atoms with Gasteiger partial charge in [-0.1, -0.05) is 13.2 Å². The third-order valence-corrected chi connectivity index (χ3v) is 2.64. The lowest BCUT2D eigenvalue weighted by molar-refractivity contribution is -0.152. The molecule has 7 nitrogen and oxygen atoms in total. The van der Waals surface area contributed by atoms with Crippen LogP contribution in [0.15, 0.2) is 25.7 Å². The zero-order valence-corrected chi connectivity index (χ0v) is 10.9. The van der Waals surface area contributed by atoms with Crippen molar-refractivity contribution in [3.63, 3.8) is 0 Å². The normalized spacial score (nSPS) is 13.2. The van der Waals surface area contributed by atoms with E-state index >= 15 is 0 Å². The second-order valence-corrected chi connectivity index (χ2v) is 4.14. The van der Waals surface area contributed by atoms with Gasteiger partial charge in [0.15, 0.2) is 6.10 Å². The van der Waals surface area contributed by atoms with E-state index in [0.717, 1.165) is 12.5 Å². The summed E-state index contributed by atoms with van der Waals surface area (Å²) in [4.78, 5) is 22.6. The second-order valence-electron chi connectivity index (χ2n) is 2.88. The van der Waals surface area contributed by atoms with E-state index in [4.69, 9.17) is 4.52 Å². The van der Waals surface area contributed by atoms with Crippen LogP contribution >= 0.6 is 8.03 Å². The molecule has 102 valence electrons. The van der Waals surface area contributed by atoms with Crippen LogP contribution in [0.5, 0.6) is 0 Å². The SMILES string of the molecule is C=COC(=O)CC(O[PH](=O)COC)C(=O)OC=C. The molecule has 2 unspecified atom stereocenters. The zero-order valence-electron chi connectivity index (χ0n) is 9.92. The van der Waals surface area contributed by atoms with Gasteiger partial charge in [-0.15, -0.1) is 0 Å². The van der Waals surface area contributed by atoms with Gasteiger partial charge in [0.25, 0.3) is 0 Å². The molecule has 2 atom stereocenters. The van der Waals surface area contributed by atoms with Gasteiger partial charge < -0.3 is 18.7 Å². The Balaban J connectivity index is 4.55. The van der Waals surface area contributed by atoms with Crippen molar-refractivity contribution in [2.45, 2.75) is 12.5 Å². The lowest BCUT2D eigenvalue weighted by Gasteiger charge is -2.13. The summed E-state index contributed by atoms with van der Waals surface area (Å²) in [6.45, 7) is 6.38. The largest absolute Gasteiger partial charge is 0.435 e. The van der Waals surface area contributed by atoms with Gasteiger partial charge in [-0.3, -0.25) is 9.36 Å². The van der Waals surface area contributed by atoms with E-state index in [9.17, 15) is 14.2 Å². The van der Waals surface area contributed by atoms with E-state index < -0.39 is 32.5 Å². The number of carbonyl (C=O) groups excluding carboxylic acids is 2. The fraction of sp³-hybridized carbons (Fsp3) is 0.400. The predicted octanol–water partition coefficient (Wildman–Crippen LogP) is 1.21. The Morgan fingerprint density at radius 2 is 1.89 bits per heavy atom. The Labute approximate surface area is 105 Å². The smallest absolute Gasteiger partial charge is 0.341 e. The van der Waals surface area contributed by atoms with Crippen LogP contribution in [0.1, 0.15) is 6.42 Å². The maximum atomic E-state index is 11.4. The van der Waals surface area contributed by atoms with Crippen molar-refractivity contribution >= 4 is 20.0 Å². The van der Waals surface area contributed by atoms with E-state index in [1.165, 1.54) is 7.11 Å². The molecule has 0 rings (SSSR count). The van der Waals surface area contributed by atoms with Gasteiger partial charge in [-0.25, -0.2) is 4.79 Å². The first-order chi connectivity index (χ1) is 8.54. The van der Waals surface area contributed by atoms with E-state index in [1.807, 2.05) is 0 Å². The highest BCUT2D eigenvalue weighted by molar-refractivity contribution is 7.38. The Hall–Kier alpha value is -1.43. The monoisotopic (exact) mass is 278 g/mol. The maximum absolute atomic E-state index is 11.4. The lowest BCUT2D eigenvalue weighted by Crippen LogP contribution is -2.26. The van der Waals surface area contributed by atoms with Crippen LogP contribution < -0.4 is 0 Å². The molecule has 0 aromatic rings. The first-order valence-corrected chi connectivity index (χ1v) is 6.37. The molecule has 0 aromatic heterocycles. The summed E-state index contributed by atoms with van der Waals surface area (Å²) < 4.78 is 29.7. The van der Waals surface area contributed by atoms with Crippen molar-refractivity contribution in [3.05, 3.63) is 25.7 Å². The number of esters is 2. The third-order valence-electron chi connectivity index (χ3n) is 1.57. The minimum Gasteiger partial charge on any atom is -0.435 e. The van der Waals surface area contributed by atoms with Crippen LogP contribution in [-0.2, 0) is 32.9 Å². The fourth-order valence-corrected chi connectivity index (χ4v) is 1.73. The quantitative estimate of drug-likeness (QED) is 0.356. The minimum absolute atomic E-state index is 0.168. The van der Waals surface area contributed by atoms with Crippen molar-refractivity contribution in [2.24, 2.45) is 0 Å². The summed E-state index contributed by atoms with van der Waals surface area (Å²) in [6, 6.07) is 0. The Morgan fingerprint density at radius 1 is 1.28 bits per heavy atom. The molecule has 0 aliphatic heterocycles. The van der Waals surface area contributed by atoms with Crippen molar-refractivity contribution < 1.29 is 32.9 Å². The molecule has 0 radical (unpaired) electrons. The summed E-state index contributed by atoms with van der Waals surface area (Å²) in [5.41, 5.74) is 0. The molecule has 0 aromatic carbocycles. The van der Waals surface area contributed by atoms with Gasteiger partial charge in [-0.2, -0.15) is 0 Å². The Bertz CT molecular complexity index is 339. The van der Waals surface area contributed by atoms with Crippen LogP contribution in [0.2, 0.25) is 0 Å². The van der Waals surface area contributed by atoms with Gasteiger partial charge in [0.05, 0.1) is 18.9 Å². The molecule has 0 aliphatic rings. The first kappa shape index (κ1) is 16.6. The summed E-state index contributed by atoms with van der Waals surface area (Å²) in [5.74, 6) is -1.65. The molecule has 0 saturated carbocycles. The number of methoxy groups -OCH3 is 1. The van der Waals surface area contributed by atoms with Crippen molar-refractivity contribution in [2.75, 3.05) is 13.5 Å². The molecule has 0 saturated heterocycles. The highest BCUT2D eigenvalue weighted by Crippen LogP contribution is 2.26. The van der Waals surface area contributed by atoms with Gasteiger partial charge in [-0.05, 0) is 0 Å². The van der Waals surface area contributed by atoms with Crippen LogP contribution in [-0.4, -0.2) is 31.5 Å². The van der Waals surface area contributed by atoms with E-state index in [2.05, 4.69) is 27.4 Å². The Morgan fingerprint density at radius 3 is 2.39 bits per heavy atom. The Kier molecular flexibility index (Phi) is 8.82. The molecule has 0 spiro atoms. The summed E-state index contributed by atoms with van der Waals surface area (Å²) in [5, 5.41) is 0. The first-order valence-electron chi connectivity index (χ1n) is 4.85. The molecule has 0 N–H and O–H groups in total. The highest BCUT2D eigenvalue weighted by Gasteiger charge is 2.26. The molecule has 8 heteroatoms. The second kappa shape index (κ2) is 9.58. The van der Waals surface area contributed by atoms with Crippen molar-refractivity contribution in [1.29, 1.82) is 0 Å². The summed E-state index contributed by atoms with van der Waals surface area (Å²) in [7, 11) is -1.27. The lowest BCUT2D eigenvalue weighted by atomic mass is 10.2. The molecule has 18 heavy (non-hydrogen) atoms. The average molecular weight is 278 g/mol. The van der Waals surface area contributed by atoms with Crippen LogP contribution in [0, 0.1) is 0 Å². The zero-order chi connectivity index (χ0) is 14.0. The summed E-state index contributed by atoms with van der Waals surface area (Å²) >= 11 is 0. The van der Waals surface area contributed by atoms with Crippen molar-refractivity contribution in [1.82, 2.24) is 0 Å². The third kappa shape index (κ3) is 7.01. The van der Waals surface area contributed by atoms with Gasteiger partial charge in [0.2, 0.25) is 8.03 Å². The molecule has 0 fully saturated rings. The number of ether oxygens (including phenoxy) is 3. The number of rotatable bonds is 9.